The van der Waals surface area contributed by atoms with E-state index in [9.17, 15) is 0 Å². The fraction of sp³-hybridized carbons (Fsp3) is 0.471. The van der Waals surface area contributed by atoms with E-state index in [1.54, 1.807) is 0 Å². The molecule has 1 aliphatic heterocycles. The summed E-state index contributed by atoms with van der Waals surface area (Å²) in [5.41, 5.74) is 4.90. The van der Waals surface area contributed by atoms with Crippen LogP contribution >= 0.6 is 28.7 Å². The van der Waals surface area contributed by atoms with Gasteiger partial charge in [0.1, 0.15) is 0 Å². The minimum absolute atomic E-state index is 0. The number of hydrogen-bond acceptors (Lipinski definition) is 2. The smallest absolute Gasteiger partial charge is 0.165 e. The fourth-order valence-corrected chi connectivity index (χ4v) is 3.60. The van der Waals surface area contributed by atoms with Crippen molar-refractivity contribution in [2.24, 2.45) is 4.99 Å². The van der Waals surface area contributed by atoms with Gasteiger partial charge in [0.2, 0.25) is 0 Å². The van der Waals surface area contributed by atoms with Crippen molar-refractivity contribution in [1.82, 2.24) is 4.90 Å². The summed E-state index contributed by atoms with van der Waals surface area (Å²) in [5, 5.41) is 1.12. The van der Waals surface area contributed by atoms with Crippen LogP contribution in [0, 0.1) is 13.8 Å². The first-order valence-corrected chi connectivity index (χ1v) is 7.99. The van der Waals surface area contributed by atoms with Gasteiger partial charge in [0.15, 0.2) is 5.17 Å². The molecule has 1 fully saturated rings. The second-order valence-electron chi connectivity index (χ2n) is 6.33. The number of rotatable bonds is 3. The van der Waals surface area contributed by atoms with Crippen molar-refractivity contribution in [1.29, 1.82) is 0 Å². The highest BCUT2D eigenvalue weighted by molar-refractivity contribution is 8.93. The Kier molecular flexibility index (Phi) is 6.11. The van der Waals surface area contributed by atoms with E-state index in [-0.39, 0.29) is 22.5 Å². The van der Waals surface area contributed by atoms with Crippen LogP contribution in [0.5, 0.6) is 0 Å². The maximum Gasteiger partial charge on any atom is 0.165 e. The lowest BCUT2D eigenvalue weighted by atomic mass is 10.1. The zero-order chi connectivity index (χ0) is 14.9. The summed E-state index contributed by atoms with van der Waals surface area (Å²) in [5.74, 6) is 1.07. The third-order valence-electron chi connectivity index (χ3n) is 3.51. The lowest BCUT2D eigenvalue weighted by Crippen LogP contribution is -2.43. The van der Waals surface area contributed by atoms with Crippen LogP contribution in [0.1, 0.15) is 31.9 Å². The van der Waals surface area contributed by atoms with Crippen molar-refractivity contribution in [3.05, 3.63) is 41.5 Å². The summed E-state index contributed by atoms with van der Waals surface area (Å²) in [6.07, 6.45) is 0. The summed E-state index contributed by atoms with van der Waals surface area (Å²) < 4.78 is 0. The van der Waals surface area contributed by atoms with Gasteiger partial charge in [-0.2, -0.15) is 0 Å². The lowest BCUT2D eigenvalue weighted by molar-refractivity contribution is 0.274. The quantitative estimate of drug-likeness (QED) is 0.675. The van der Waals surface area contributed by atoms with E-state index in [0.29, 0.717) is 0 Å². The Bertz CT molecular complexity index is 564. The molecule has 0 saturated carbocycles. The Morgan fingerprint density at radius 2 is 2.05 bits per heavy atom. The molecule has 0 aliphatic carbocycles. The topological polar surface area (TPSA) is 15.6 Å². The normalized spacial score (nSPS) is 18.7. The minimum Gasteiger partial charge on any atom is -0.341 e. The Morgan fingerprint density at radius 1 is 1.38 bits per heavy atom. The van der Waals surface area contributed by atoms with Crippen molar-refractivity contribution >= 4 is 39.6 Å². The first-order chi connectivity index (χ1) is 9.29. The molecule has 1 saturated heterocycles. The molecule has 4 heteroatoms. The van der Waals surface area contributed by atoms with Crippen LogP contribution in [0.3, 0.4) is 0 Å². The summed E-state index contributed by atoms with van der Waals surface area (Å²) in [4.78, 5) is 7.27. The number of aryl methyl sites for hydroxylation is 2. The molecule has 0 bridgehead atoms. The highest BCUT2D eigenvalue weighted by Gasteiger charge is 2.36. The Balaban J connectivity index is 0.00000220. The molecule has 1 aromatic rings. The van der Waals surface area contributed by atoms with Crippen LogP contribution < -0.4 is 0 Å². The summed E-state index contributed by atoms with van der Waals surface area (Å²) in [7, 11) is 0. The molecule has 1 aromatic carbocycles. The molecule has 21 heavy (non-hydrogen) atoms. The van der Waals surface area contributed by atoms with Crippen molar-refractivity contribution in [2.75, 3.05) is 12.3 Å². The zero-order valence-electron chi connectivity index (χ0n) is 13.6. The van der Waals surface area contributed by atoms with Gasteiger partial charge in [0, 0.05) is 17.8 Å². The molecule has 0 amide bonds. The van der Waals surface area contributed by atoms with Gasteiger partial charge in [0.05, 0.1) is 5.69 Å². The van der Waals surface area contributed by atoms with Crippen LogP contribution in [-0.2, 0) is 0 Å². The number of aliphatic imine (C=N–C) groups is 1. The molecule has 0 N–H and O–H groups in total. The number of nitrogens with zero attached hydrogens (tertiary/aromatic N) is 2. The largest absolute Gasteiger partial charge is 0.341 e. The highest BCUT2D eigenvalue weighted by atomic mass is 79.9. The molecule has 0 spiro atoms. The summed E-state index contributed by atoms with van der Waals surface area (Å²) in [6, 6.07) is 6.43. The van der Waals surface area contributed by atoms with Crippen molar-refractivity contribution in [3.8, 4) is 0 Å². The fourth-order valence-electron chi connectivity index (χ4n) is 2.33. The van der Waals surface area contributed by atoms with E-state index < -0.39 is 0 Å². The molecule has 0 radical (unpaired) electrons. The second-order valence-corrected chi connectivity index (χ2v) is 7.27. The molecule has 0 unspecified atom stereocenters. The number of hydrogen-bond donors (Lipinski definition) is 0. The van der Waals surface area contributed by atoms with Crippen molar-refractivity contribution in [3.63, 3.8) is 0 Å². The molecule has 116 valence electrons. The standard InChI is InChI=1S/C17H24N2S.BrH/c1-12(2)10-19-16(20-11-17(19,5)6)18-15-8-7-13(3)9-14(15)4;/h7-9H,1,10-11H2,2-6H3;1H. The Hall–Kier alpha value is -0.740. The number of thioether (sulfide) groups is 1. The number of benzene rings is 1. The van der Waals surface area contributed by atoms with E-state index in [4.69, 9.17) is 4.99 Å². The number of amidine groups is 1. The van der Waals surface area contributed by atoms with Crippen molar-refractivity contribution in [2.45, 2.75) is 40.2 Å². The zero-order valence-corrected chi connectivity index (χ0v) is 16.1. The van der Waals surface area contributed by atoms with Crippen LogP contribution in [0.2, 0.25) is 0 Å². The molecular weight excluding hydrogens is 344 g/mol. The first-order valence-electron chi connectivity index (χ1n) is 7.00. The number of halogens is 1. The molecule has 2 rings (SSSR count). The van der Waals surface area contributed by atoms with Crippen LogP contribution in [-0.4, -0.2) is 27.9 Å². The van der Waals surface area contributed by atoms with Gasteiger partial charge in [-0.15, -0.1) is 17.0 Å². The molecule has 0 atom stereocenters. The molecule has 2 nitrogen and oxygen atoms in total. The van der Waals surface area contributed by atoms with E-state index in [2.05, 4.69) is 64.3 Å². The Morgan fingerprint density at radius 3 is 2.62 bits per heavy atom. The van der Waals surface area contributed by atoms with Gasteiger partial charge < -0.3 is 4.90 Å². The SMILES string of the molecule is Br.C=C(C)CN1C(=Nc2ccc(C)cc2C)SCC1(C)C. The van der Waals surface area contributed by atoms with Gasteiger partial charge in [-0.25, -0.2) is 4.99 Å². The van der Waals surface area contributed by atoms with E-state index in [1.807, 2.05) is 11.8 Å². The molecule has 0 aromatic heterocycles. The first kappa shape index (κ1) is 18.3. The van der Waals surface area contributed by atoms with Gasteiger partial charge in [-0.05, 0) is 46.2 Å². The average Bonchev–Trinajstić information content (AvgIpc) is 2.59. The molecule has 1 aliphatic rings. The lowest BCUT2D eigenvalue weighted by Gasteiger charge is -2.32. The highest BCUT2D eigenvalue weighted by Crippen LogP contribution is 2.35. The monoisotopic (exact) mass is 368 g/mol. The maximum absolute atomic E-state index is 4.89. The van der Waals surface area contributed by atoms with E-state index in [1.165, 1.54) is 16.7 Å². The predicted molar refractivity (Wildman–Crippen MR) is 101 cm³/mol. The third kappa shape index (κ3) is 4.36. The van der Waals surface area contributed by atoms with E-state index in [0.717, 1.165) is 23.2 Å². The summed E-state index contributed by atoms with van der Waals surface area (Å²) in [6.45, 7) is 15.8. The predicted octanol–water partition coefficient (Wildman–Crippen LogP) is 5.27. The van der Waals surface area contributed by atoms with Crippen LogP contribution in [0.25, 0.3) is 0 Å². The third-order valence-corrected chi connectivity index (χ3v) is 4.93. The van der Waals surface area contributed by atoms with Crippen molar-refractivity contribution < 1.29 is 0 Å². The van der Waals surface area contributed by atoms with Gasteiger partial charge in [-0.3, -0.25) is 0 Å². The van der Waals surface area contributed by atoms with Gasteiger partial charge >= 0.3 is 0 Å². The van der Waals surface area contributed by atoms with Crippen LogP contribution in [0.15, 0.2) is 35.3 Å². The van der Waals surface area contributed by atoms with Gasteiger partial charge in [-0.1, -0.05) is 41.6 Å². The molecular formula is C17H25BrN2S. The maximum atomic E-state index is 4.89. The molecule has 1 heterocycles. The van der Waals surface area contributed by atoms with Gasteiger partial charge in [0.25, 0.3) is 0 Å². The Labute approximate surface area is 143 Å². The average molecular weight is 369 g/mol. The second kappa shape index (κ2) is 7.01. The van der Waals surface area contributed by atoms with Crippen LogP contribution in [0.4, 0.5) is 5.69 Å². The summed E-state index contributed by atoms with van der Waals surface area (Å²) >= 11 is 1.84. The minimum atomic E-state index is 0. The van der Waals surface area contributed by atoms with E-state index >= 15 is 0 Å².